The summed E-state index contributed by atoms with van der Waals surface area (Å²) in [6.45, 7) is 2.22. The lowest BCUT2D eigenvalue weighted by molar-refractivity contribution is 0.283. The third-order valence-corrected chi connectivity index (χ3v) is 5.00. The zero-order valence-corrected chi connectivity index (χ0v) is 13.2. The molecule has 0 spiro atoms. The number of benzene rings is 1. The number of aryl methyl sites for hydroxylation is 1. The molecule has 0 unspecified atom stereocenters. The predicted octanol–water partition coefficient (Wildman–Crippen LogP) is 1.78. The van der Waals surface area contributed by atoms with E-state index in [0.717, 1.165) is 6.42 Å². The normalized spacial score (nSPS) is 11.7. The highest BCUT2D eigenvalue weighted by Crippen LogP contribution is 2.26. The summed E-state index contributed by atoms with van der Waals surface area (Å²) in [6, 6.07) is 3.14. The number of nitrogen functional groups attached to an aromatic ring is 1. The van der Waals surface area contributed by atoms with Crippen molar-refractivity contribution in [1.82, 2.24) is 4.72 Å². The number of nitrogens with one attached hydrogen (secondary N) is 1. The van der Waals surface area contributed by atoms with E-state index in [1.165, 1.54) is 6.07 Å². The van der Waals surface area contributed by atoms with Gasteiger partial charge in [-0.15, -0.1) is 0 Å². The number of aliphatic hydroxyl groups excluding tert-OH is 1. The van der Waals surface area contributed by atoms with Gasteiger partial charge in [0.15, 0.2) is 0 Å². The third-order valence-electron chi connectivity index (χ3n) is 2.71. The third kappa shape index (κ3) is 4.76. The molecule has 0 bridgehead atoms. The summed E-state index contributed by atoms with van der Waals surface area (Å²) >= 11 is 3.26. The monoisotopic (exact) mass is 350 g/mol. The predicted molar refractivity (Wildman–Crippen MR) is 79.4 cm³/mol. The average Bonchev–Trinajstić information content (AvgIpc) is 2.33. The van der Waals surface area contributed by atoms with Gasteiger partial charge in [-0.25, -0.2) is 13.1 Å². The Morgan fingerprint density at radius 1 is 1.32 bits per heavy atom. The van der Waals surface area contributed by atoms with Crippen molar-refractivity contribution >= 4 is 31.6 Å². The van der Waals surface area contributed by atoms with Gasteiger partial charge in [0.1, 0.15) is 0 Å². The molecule has 108 valence electrons. The number of rotatable bonds is 7. The molecule has 19 heavy (non-hydrogen) atoms. The van der Waals surface area contributed by atoms with Crippen LogP contribution in [0.4, 0.5) is 5.69 Å². The first-order valence-electron chi connectivity index (χ1n) is 6.04. The maximum Gasteiger partial charge on any atom is 0.240 e. The second-order valence-corrected chi connectivity index (χ2v) is 6.91. The van der Waals surface area contributed by atoms with E-state index in [0.29, 0.717) is 35.1 Å². The molecule has 4 N–H and O–H groups in total. The topological polar surface area (TPSA) is 92.4 Å². The fraction of sp³-hybridized carbons (Fsp3) is 0.500. The molecule has 0 atom stereocenters. The van der Waals surface area contributed by atoms with E-state index < -0.39 is 10.0 Å². The quantitative estimate of drug-likeness (QED) is 0.516. The molecule has 5 nitrogen and oxygen atoms in total. The smallest absolute Gasteiger partial charge is 0.240 e. The molecule has 0 aliphatic carbocycles. The minimum absolute atomic E-state index is 0.134. The van der Waals surface area contributed by atoms with Gasteiger partial charge in [-0.1, -0.05) is 0 Å². The van der Waals surface area contributed by atoms with Gasteiger partial charge in [0.05, 0.1) is 4.90 Å². The molecule has 0 saturated carbocycles. The van der Waals surface area contributed by atoms with E-state index in [1.807, 2.05) is 0 Å². The van der Waals surface area contributed by atoms with Crippen LogP contribution >= 0.6 is 15.9 Å². The summed E-state index contributed by atoms with van der Waals surface area (Å²) in [7, 11) is -3.53. The Bertz CT molecular complexity index is 532. The zero-order valence-electron chi connectivity index (χ0n) is 10.8. The zero-order chi connectivity index (χ0) is 14.5. The summed E-state index contributed by atoms with van der Waals surface area (Å²) in [6.07, 6.45) is 2.18. The molecule has 7 heteroatoms. The van der Waals surface area contributed by atoms with E-state index in [-0.39, 0.29) is 11.5 Å². The van der Waals surface area contributed by atoms with Gasteiger partial charge in [0.2, 0.25) is 10.0 Å². The van der Waals surface area contributed by atoms with Crippen molar-refractivity contribution < 1.29 is 13.5 Å². The van der Waals surface area contributed by atoms with Crippen molar-refractivity contribution in [2.24, 2.45) is 0 Å². The van der Waals surface area contributed by atoms with E-state index in [1.54, 1.807) is 13.0 Å². The van der Waals surface area contributed by atoms with Crippen LogP contribution in [-0.4, -0.2) is 26.7 Å². The number of hydrogen-bond acceptors (Lipinski definition) is 4. The molecule has 1 rings (SSSR count). The lowest BCUT2D eigenvalue weighted by Crippen LogP contribution is -2.25. The largest absolute Gasteiger partial charge is 0.398 e. The van der Waals surface area contributed by atoms with Gasteiger partial charge >= 0.3 is 0 Å². The van der Waals surface area contributed by atoms with Crippen LogP contribution in [0.15, 0.2) is 21.5 Å². The second kappa shape index (κ2) is 7.23. The molecule has 1 aromatic rings. The number of unbranched alkanes of at least 4 members (excludes halogenated alkanes) is 2. The maximum absolute atomic E-state index is 12.1. The van der Waals surface area contributed by atoms with Crippen molar-refractivity contribution in [2.45, 2.75) is 31.1 Å². The van der Waals surface area contributed by atoms with Crippen LogP contribution in [0.1, 0.15) is 24.8 Å². The van der Waals surface area contributed by atoms with Crippen LogP contribution in [0.25, 0.3) is 0 Å². The summed E-state index contributed by atoms with van der Waals surface area (Å²) < 4.78 is 27.5. The van der Waals surface area contributed by atoms with Crippen LogP contribution in [-0.2, 0) is 10.0 Å². The lowest BCUT2D eigenvalue weighted by Gasteiger charge is -2.11. The standard InChI is InChI=1S/C12H19BrN2O3S/c1-9-7-10(13)11(14)8-12(9)19(17,18)15-5-3-2-4-6-16/h7-8,15-16H,2-6,14H2,1H3. The van der Waals surface area contributed by atoms with Crippen molar-refractivity contribution in [3.63, 3.8) is 0 Å². The number of anilines is 1. The molecule has 0 radical (unpaired) electrons. The van der Waals surface area contributed by atoms with Gasteiger partial charge in [0, 0.05) is 23.3 Å². The number of aliphatic hydroxyl groups is 1. The first-order chi connectivity index (χ1) is 8.88. The molecule has 0 aliphatic rings. The number of hydrogen-bond donors (Lipinski definition) is 3. The maximum atomic E-state index is 12.1. The molecular formula is C12H19BrN2O3S. The Balaban J connectivity index is 2.75. The lowest BCUT2D eigenvalue weighted by atomic mass is 10.2. The Hall–Kier alpha value is -0.630. The molecule has 0 saturated heterocycles. The van der Waals surface area contributed by atoms with Crippen molar-refractivity contribution in [3.8, 4) is 0 Å². The van der Waals surface area contributed by atoms with E-state index in [9.17, 15) is 8.42 Å². The molecule has 0 fully saturated rings. The van der Waals surface area contributed by atoms with E-state index in [4.69, 9.17) is 10.8 Å². The molecule has 0 aliphatic heterocycles. The summed E-state index contributed by atoms with van der Waals surface area (Å²) in [5.41, 5.74) is 6.75. The summed E-state index contributed by atoms with van der Waals surface area (Å²) in [4.78, 5) is 0.204. The van der Waals surface area contributed by atoms with Crippen molar-refractivity contribution in [3.05, 3.63) is 22.2 Å². The first-order valence-corrected chi connectivity index (χ1v) is 8.32. The fourth-order valence-corrected chi connectivity index (χ4v) is 3.45. The Kier molecular flexibility index (Phi) is 6.25. The molecule has 0 amide bonds. The Morgan fingerprint density at radius 2 is 2.00 bits per heavy atom. The summed E-state index contributed by atoms with van der Waals surface area (Å²) in [5, 5.41) is 8.64. The number of nitrogens with two attached hydrogens (primary N) is 1. The van der Waals surface area contributed by atoms with Crippen LogP contribution in [0.5, 0.6) is 0 Å². The molecule has 1 aromatic carbocycles. The van der Waals surface area contributed by atoms with Crippen molar-refractivity contribution in [1.29, 1.82) is 0 Å². The Morgan fingerprint density at radius 3 is 2.63 bits per heavy atom. The van der Waals surface area contributed by atoms with Gasteiger partial charge in [-0.3, -0.25) is 0 Å². The van der Waals surface area contributed by atoms with Gasteiger partial charge in [-0.05, 0) is 59.8 Å². The van der Waals surface area contributed by atoms with E-state index >= 15 is 0 Å². The van der Waals surface area contributed by atoms with Gasteiger partial charge in [-0.2, -0.15) is 0 Å². The Labute approximate surface area is 122 Å². The SMILES string of the molecule is Cc1cc(Br)c(N)cc1S(=O)(=O)NCCCCCO. The summed E-state index contributed by atoms with van der Waals surface area (Å²) in [5.74, 6) is 0. The minimum Gasteiger partial charge on any atom is -0.398 e. The van der Waals surface area contributed by atoms with Gasteiger partial charge in [0.25, 0.3) is 0 Å². The first kappa shape index (κ1) is 16.4. The highest BCUT2D eigenvalue weighted by atomic mass is 79.9. The van der Waals surface area contributed by atoms with Crippen LogP contribution in [0, 0.1) is 6.92 Å². The molecule has 0 aromatic heterocycles. The highest BCUT2D eigenvalue weighted by Gasteiger charge is 2.17. The molecular weight excluding hydrogens is 332 g/mol. The average molecular weight is 351 g/mol. The van der Waals surface area contributed by atoms with Gasteiger partial charge < -0.3 is 10.8 Å². The van der Waals surface area contributed by atoms with E-state index in [2.05, 4.69) is 20.7 Å². The number of halogens is 1. The minimum atomic E-state index is -3.53. The number of sulfonamides is 1. The fourth-order valence-electron chi connectivity index (χ4n) is 1.66. The van der Waals surface area contributed by atoms with Crippen LogP contribution in [0.2, 0.25) is 0 Å². The van der Waals surface area contributed by atoms with Crippen LogP contribution < -0.4 is 10.5 Å². The second-order valence-electron chi connectivity index (χ2n) is 4.32. The van der Waals surface area contributed by atoms with Crippen LogP contribution in [0.3, 0.4) is 0 Å². The molecule has 0 heterocycles. The highest BCUT2D eigenvalue weighted by molar-refractivity contribution is 9.10. The van der Waals surface area contributed by atoms with Crippen molar-refractivity contribution in [2.75, 3.05) is 18.9 Å².